The molecule has 0 aliphatic rings. The van der Waals surface area contributed by atoms with Crippen LogP contribution in [-0.4, -0.2) is 42.1 Å². The zero-order valence-electron chi connectivity index (χ0n) is 14.1. The highest BCUT2D eigenvalue weighted by Gasteiger charge is 2.33. The molecule has 9 heteroatoms. The van der Waals surface area contributed by atoms with Crippen LogP contribution in [0.5, 0.6) is 0 Å². The normalized spacial score (nSPS) is 11.7. The van der Waals surface area contributed by atoms with Crippen LogP contribution >= 0.6 is 11.6 Å². The number of likely N-dealkylation sites (N-methyl/N-ethyl adjacent to an activating group) is 1. The second-order valence-corrected chi connectivity index (χ2v) is 6.21. The molecule has 0 radical (unpaired) electrons. The van der Waals surface area contributed by atoms with Crippen molar-refractivity contribution in [3.63, 3.8) is 0 Å². The van der Waals surface area contributed by atoms with Gasteiger partial charge in [0.15, 0.2) is 5.69 Å². The molecule has 0 aliphatic heterocycles. The van der Waals surface area contributed by atoms with Crippen molar-refractivity contribution in [2.75, 3.05) is 37.8 Å². The van der Waals surface area contributed by atoms with Crippen molar-refractivity contribution in [1.82, 2.24) is 14.9 Å². The summed E-state index contributed by atoms with van der Waals surface area (Å²) < 4.78 is 39.3. The van der Waals surface area contributed by atoms with Crippen molar-refractivity contribution in [3.05, 3.63) is 40.5 Å². The highest BCUT2D eigenvalue weighted by molar-refractivity contribution is 6.33. The molecule has 0 saturated carbocycles. The summed E-state index contributed by atoms with van der Waals surface area (Å²) in [5, 5.41) is 6.02. The Labute approximate surface area is 149 Å². The largest absolute Gasteiger partial charge is 0.433 e. The quantitative estimate of drug-likeness (QED) is 0.795. The van der Waals surface area contributed by atoms with Gasteiger partial charge in [-0.2, -0.15) is 18.2 Å². The summed E-state index contributed by atoms with van der Waals surface area (Å²) in [4.78, 5) is 9.53. The summed E-state index contributed by atoms with van der Waals surface area (Å²) >= 11 is 6.12. The molecule has 0 spiro atoms. The third-order valence-corrected chi connectivity index (χ3v) is 3.56. The first-order chi connectivity index (χ1) is 11.6. The number of aromatic nitrogens is 2. The smallest absolute Gasteiger partial charge is 0.353 e. The predicted octanol–water partition coefficient (Wildman–Crippen LogP) is 4.17. The van der Waals surface area contributed by atoms with Crippen molar-refractivity contribution >= 4 is 29.1 Å². The van der Waals surface area contributed by atoms with Gasteiger partial charge in [0.25, 0.3) is 0 Å². The number of hydrogen-bond acceptors (Lipinski definition) is 5. The number of anilines is 3. The number of benzene rings is 1. The molecule has 0 atom stereocenters. The van der Waals surface area contributed by atoms with E-state index in [0.29, 0.717) is 23.8 Å². The van der Waals surface area contributed by atoms with E-state index < -0.39 is 11.9 Å². The van der Waals surface area contributed by atoms with Gasteiger partial charge in [0, 0.05) is 19.2 Å². The van der Waals surface area contributed by atoms with E-state index in [-0.39, 0.29) is 11.8 Å². The maximum Gasteiger partial charge on any atom is 0.433 e. The molecule has 25 heavy (non-hydrogen) atoms. The molecule has 0 saturated heterocycles. The average Bonchev–Trinajstić information content (AvgIpc) is 2.49. The Balaban J connectivity index is 2.29. The van der Waals surface area contributed by atoms with E-state index >= 15 is 0 Å². The van der Waals surface area contributed by atoms with Crippen LogP contribution in [-0.2, 0) is 6.18 Å². The highest BCUT2D eigenvalue weighted by Crippen LogP contribution is 2.31. The molecular weight excluding hydrogens is 355 g/mol. The van der Waals surface area contributed by atoms with E-state index in [1.165, 1.54) is 0 Å². The van der Waals surface area contributed by atoms with Gasteiger partial charge in [0.2, 0.25) is 5.95 Å². The first-order valence-electron chi connectivity index (χ1n) is 7.53. The second-order valence-electron chi connectivity index (χ2n) is 5.80. The van der Waals surface area contributed by atoms with Gasteiger partial charge in [-0.1, -0.05) is 17.7 Å². The van der Waals surface area contributed by atoms with Gasteiger partial charge in [0.05, 0.1) is 10.7 Å². The lowest BCUT2D eigenvalue weighted by molar-refractivity contribution is -0.141. The molecule has 1 aromatic carbocycles. The topological polar surface area (TPSA) is 53.1 Å². The van der Waals surface area contributed by atoms with E-state index in [1.54, 1.807) is 18.2 Å². The molecule has 2 aromatic rings. The molecule has 5 nitrogen and oxygen atoms in total. The van der Waals surface area contributed by atoms with Gasteiger partial charge in [-0.05, 0) is 38.7 Å². The molecule has 136 valence electrons. The lowest BCUT2D eigenvalue weighted by atomic mass is 10.2. The third-order valence-electron chi connectivity index (χ3n) is 3.25. The lowest BCUT2D eigenvalue weighted by Crippen LogP contribution is -2.22. The lowest BCUT2D eigenvalue weighted by Gasteiger charge is -2.14. The van der Waals surface area contributed by atoms with Crippen LogP contribution in [0, 0.1) is 6.92 Å². The van der Waals surface area contributed by atoms with Crippen molar-refractivity contribution in [1.29, 1.82) is 0 Å². The number of hydrogen-bond donors (Lipinski definition) is 2. The van der Waals surface area contributed by atoms with Gasteiger partial charge >= 0.3 is 6.18 Å². The Morgan fingerprint density at radius 2 is 1.88 bits per heavy atom. The van der Waals surface area contributed by atoms with Crippen molar-refractivity contribution in [2.24, 2.45) is 0 Å². The minimum Gasteiger partial charge on any atom is -0.353 e. The Hall–Kier alpha value is -2.06. The highest BCUT2D eigenvalue weighted by atomic mass is 35.5. The van der Waals surface area contributed by atoms with Crippen molar-refractivity contribution in [3.8, 4) is 0 Å². The number of alkyl halides is 3. The number of aryl methyl sites for hydroxylation is 1. The summed E-state index contributed by atoms with van der Waals surface area (Å²) in [5.74, 6) is -0.0807. The summed E-state index contributed by atoms with van der Waals surface area (Å²) in [6, 6.07) is 6.06. The van der Waals surface area contributed by atoms with Gasteiger partial charge in [-0.15, -0.1) is 0 Å². The van der Waals surface area contributed by atoms with Gasteiger partial charge in [-0.25, -0.2) is 4.98 Å². The van der Waals surface area contributed by atoms with Crippen molar-refractivity contribution in [2.45, 2.75) is 13.1 Å². The summed E-state index contributed by atoms with van der Waals surface area (Å²) in [7, 11) is 3.72. The van der Waals surface area contributed by atoms with Crippen LogP contribution in [0.4, 0.5) is 30.6 Å². The minimum absolute atomic E-state index is 0.0143. The molecule has 0 amide bonds. The maximum atomic E-state index is 13.1. The summed E-state index contributed by atoms with van der Waals surface area (Å²) in [6.07, 6.45) is -4.57. The van der Waals surface area contributed by atoms with Gasteiger partial charge < -0.3 is 15.5 Å². The average molecular weight is 374 g/mol. The summed E-state index contributed by atoms with van der Waals surface area (Å²) in [5.41, 5.74) is 0.388. The molecule has 1 heterocycles. The van der Waals surface area contributed by atoms with Crippen molar-refractivity contribution < 1.29 is 13.2 Å². The zero-order valence-corrected chi connectivity index (χ0v) is 14.8. The Morgan fingerprint density at radius 1 is 1.16 bits per heavy atom. The number of halogens is 4. The summed E-state index contributed by atoms with van der Waals surface area (Å²) in [6.45, 7) is 2.92. The second kappa shape index (κ2) is 7.88. The van der Waals surface area contributed by atoms with E-state index in [4.69, 9.17) is 11.6 Å². The van der Waals surface area contributed by atoms with Crippen LogP contribution in [0.25, 0.3) is 0 Å². The molecule has 0 aliphatic carbocycles. The molecule has 0 bridgehead atoms. The monoisotopic (exact) mass is 373 g/mol. The SMILES string of the molecule is Cc1ccc(Nc2cc(C(F)(F)F)nc(NCCN(C)C)n2)c(Cl)c1. The number of rotatable bonds is 6. The maximum absolute atomic E-state index is 13.1. The van der Waals surface area contributed by atoms with Crippen LogP contribution < -0.4 is 10.6 Å². The molecule has 0 fully saturated rings. The molecule has 1 aromatic heterocycles. The molecular formula is C16H19ClF3N5. The van der Waals surface area contributed by atoms with E-state index in [9.17, 15) is 13.2 Å². The first-order valence-corrected chi connectivity index (χ1v) is 7.91. The first kappa shape index (κ1) is 19.3. The fourth-order valence-corrected chi connectivity index (χ4v) is 2.27. The minimum atomic E-state index is -4.57. The van der Waals surface area contributed by atoms with Crippen LogP contribution in [0.1, 0.15) is 11.3 Å². The number of nitrogens with zero attached hydrogens (tertiary/aromatic N) is 3. The van der Waals surface area contributed by atoms with E-state index in [0.717, 1.165) is 11.6 Å². The Morgan fingerprint density at radius 3 is 2.48 bits per heavy atom. The van der Waals surface area contributed by atoms with Crippen LogP contribution in [0.15, 0.2) is 24.3 Å². The zero-order chi connectivity index (χ0) is 18.6. The third kappa shape index (κ3) is 5.75. The van der Waals surface area contributed by atoms with Gasteiger partial charge in [-0.3, -0.25) is 0 Å². The Bertz CT molecular complexity index is 734. The van der Waals surface area contributed by atoms with Crippen LogP contribution in [0.2, 0.25) is 5.02 Å². The van der Waals surface area contributed by atoms with Crippen LogP contribution in [0.3, 0.4) is 0 Å². The predicted molar refractivity (Wildman–Crippen MR) is 93.5 cm³/mol. The fourth-order valence-electron chi connectivity index (χ4n) is 1.99. The fraction of sp³-hybridized carbons (Fsp3) is 0.375. The molecule has 2 N–H and O–H groups in total. The Kier molecular flexibility index (Phi) is 6.07. The molecule has 2 rings (SSSR count). The number of nitrogens with one attached hydrogen (secondary N) is 2. The van der Waals surface area contributed by atoms with Gasteiger partial charge in [0.1, 0.15) is 5.82 Å². The molecule has 0 unspecified atom stereocenters. The van der Waals surface area contributed by atoms with E-state index in [2.05, 4.69) is 20.6 Å². The van der Waals surface area contributed by atoms with E-state index in [1.807, 2.05) is 25.9 Å². The standard InChI is InChI=1S/C16H19ClF3N5/c1-10-4-5-12(11(17)8-10)22-14-9-13(16(18,19)20)23-15(24-14)21-6-7-25(2)3/h4-5,8-9H,6-7H2,1-3H3,(H2,21,22,23,24).